The number of nitrogens with one attached hydrogen (secondary N) is 2. The molecule has 1 atom stereocenters. The van der Waals surface area contributed by atoms with Gasteiger partial charge in [0.15, 0.2) is 11.6 Å². The number of carbonyl (C=O) groups excluding carboxylic acids is 1. The van der Waals surface area contributed by atoms with Crippen LogP contribution in [0.3, 0.4) is 0 Å². The summed E-state index contributed by atoms with van der Waals surface area (Å²) in [4.78, 5) is 24.2. The molecule has 1 saturated heterocycles. The summed E-state index contributed by atoms with van der Waals surface area (Å²) in [5.41, 5.74) is 1.56. The van der Waals surface area contributed by atoms with Crippen molar-refractivity contribution in [1.82, 2.24) is 9.88 Å². The summed E-state index contributed by atoms with van der Waals surface area (Å²) in [5.74, 6) is 1.83. The van der Waals surface area contributed by atoms with Crippen LogP contribution in [0.2, 0.25) is 0 Å². The summed E-state index contributed by atoms with van der Waals surface area (Å²) in [5, 5.41) is 7.09. The summed E-state index contributed by atoms with van der Waals surface area (Å²) in [7, 11) is 0. The van der Waals surface area contributed by atoms with Crippen LogP contribution in [-0.2, 0) is 6.54 Å². The lowest BCUT2D eigenvalue weighted by atomic mass is 9.85. The number of hydrogen-bond acceptors (Lipinski definition) is 5. The molecule has 2 aliphatic heterocycles. The molecule has 152 valence electrons. The number of benzene rings is 1. The van der Waals surface area contributed by atoms with E-state index in [9.17, 15) is 4.79 Å². The Kier molecular flexibility index (Phi) is 4.71. The summed E-state index contributed by atoms with van der Waals surface area (Å²) < 4.78 is 5.35. The van der Waals surface area contributed by atoms with E-state index in [-0.39, 0.29) is 5.91 Å². The van der Waals surface area contributed by atoms with Crippen LogP contribution in [0.5, 0.6) is 0 Å². The maximum absolute atomic E-state index is 13.0. The Hall–Kier alpha value is -3.61. The second kappa shape index (κ2) is 7.67. The molecule has 30 heavy (non-hydrogen) atoms. The lowest BCUT2D eigenvalue weighted by Gasteiger charge is -2.46. The number of pyridine rings is 1. The van der Waals surface area contributed by atoms with E-state index in [1.165, 1.54) is 6.26 Å². The van der Waals surface area contributed by atoms with Crippen LogP contribution in [0.1, 0.15) is 29.0 Å². The van der Waals surface area contributed by atoms with Gasteiger partial charge in [-0.1, -0.05) is 30.3 Å². The number of amidine groups is 1. The van der Waals surface area contributed by atoms with Crippen molar-refractivity contribution in [2.75, 3.05) is 23.7 Å². The number of nitrogens with zero attached hydrogens (tertiary/aromatic N) is 3. The number of anilines is 2. The fourth-order valence-electron chi connectivity index (χ4n) is 4.18. The number of carbonyl (C=O) groups is 1. The van der Waals surface area contributed by atoms with E-state index >= 15 is 0 Å². The Balaban J connectivity index is 1.48. The normalized spacial score (nSPS) is 21.7. The third-order valence-electron chi connectivity index (χ3n) is 5.65. The van der Waals surface area contributed by atoms with Crippen molar-refractivity contribution < 1.29 is 9.21 Å². The van der Waals surface area contributed by atoms with Crippen molar-refractivity contribution in [1.29, 1.82) is 0 Å². The molecule has 3 aromatic rings. The monoisotopic (exact) mass is 401 g/mol. The highest BCUT2D eigenvalue weighted by Gasteiger charge is 2.45. The molecule has 1 amide bonds. The van der Waals surface area contributed by atoms with Crippen LogP contribution < -0.4 is 10.6 Å². The first-order valence-corrected chi connectivity index (χ1v) is 10.2. The SMILES string of the molecule is O=C(c1ccco1)N1CCCC2(C1)Nc1cccnc1NC2=NCc1ccccc1. The van der Waals surface area contributed by atoms with Gasteiger partial charge in [0.25, 0.3) is 5.91 Å². The van der Waals surface area contributed by atoms with E-state index < -0.39 is 5.54 Å². The minimum absolute atomic E-state index is 0.0970. The zero-order valence-corrected chi connectivity index (χ0v) is 16.5. The minimum Gasteiger partial charge on any atom is -0.459 e. The predicted molar refractivity (Wildman–Crippen MR) is 116 cm³/mol. The molecule has 7 nitrogen and oxygen atoms in total. The lowest BCUT2D eigenvalue weighted by Crippen LogP contribution is -2.62. The van der Waals surface area contributed by atoms with E-state index in [2.05, 4.69) is 27.8 Å². The van der Waals surface area contributed by atoms with Crippen molar-refractivity contribution in [3.63, 3.8) is 0 Å². The van der Waals surface area contributed by atoms with E-state index in [0.29, 0.717) is 25.4 Å². The van der Waals surface area contributed by atoms with Gasteiger partial charge >= 0.3 is 0 Å². The molecule has 2 aliphatic rings. The topological polar surface area (TPSA) is 82.8 Å². The van der Waals surface area contributed by atoms with Crippen LogP contribution in [0.4, 0.5) is 11.5 Å². The molecule has 0 aliphatic carbocycles. The summed E-state index contributed by atoms with van der Waals surface area (Å²) >= 11 is 0. The highest BCUT2D eigenvalue weighted by Crippen LogP contribution is 2.35. The Morgan fingerprint density at radius 3 is 2.90 bits per heavy atom. The van der Waals surface area contributed by atoms with Crippen LogP contribution in [0.15, 0.2) is 76.5 Å². The van der Waals surface area contributed by atoms with Gasteiger partial charge in [-0.25, -0.2) is 4.98 Å². The number of piperidine rings is 1. The van der Waals surface area contributed by atoms with Crippen molar-refractivity contribution in [3.8, 4) is 0 Å². The molecule has 7 heteroatoms. The van der Waals surface area contributed by atoms with Gasteiger partial charge in [-0.3, -0.25) is 9.79 Å². The highest BCUT2D eigenvalue weighted by molar-refractivity contribution is 6.09. The molecular formula is C23H23N5O2. The fourth-order valence-corrected chi connectivity index (χ4v) is 4.18. The van der Waals surface area contributed by atoms with E-state index in [4.69, 9.17) is 9.41 Å². The zero-order valence-electron chi connectivity index (χ0n) is 16.5. The Morgan fingerprint density at radius 1 is 1.17 bits per heavy atom. The average Bonchev–Trinajstić information content (AvgIpc) is 3.33. The van der Waals surface area contributed by atoms with Crippen molar-refractivity contribution in [2.24, 2.45) is 4.99 Å². The average molecular weight is 401 g/mol. The number of rotatable bonds is 3. The maximum Gasteiger partial charge on any atom is 0.289 e. The number of aromatic nitrogens is 1. The molecular weight excluding hydrogens is 378 g/mol. The first-order chi connectivity index (χ1) is 14.7. The third kappa shape index (κ3) is 3.43. The minimum atomic E-state index is -0.495. The first-order valence-electron chi connectivity index (χ1n) is 10.2. The number of likely N-dealkylation sites (tertiary alicyclic amines) is 1. The van der Waals surface area contributed by atoms with Crippen molar-refractivity contribution in [2.45, 2.75) is 24.9 Å². The predicted octanol–water partition coefficient (Wildman–Crippen LogP) is 3.79. The number of hydrogen-bond donors (Lipinski definition) is 2. The summed E-state index contributed by atoms with van der Waals surface area (Å²) in [6, 6.07) is 17.5. The largest absolute Gasteiger partial charge is 0.459 e. The molecule has 4 heterocycles. The van der Waals surface area contributed by atoms with Gasteiger partial charge in [0.05, 0.1) is 25.0 Å². The molecule has 2 aromatic heterocycles. The quantitative estimate of drug-likeness (QED) is 0.698. The van der Waals surface area contributed by atoms with Gasteiger partial charge < -0.3 is 20.0 Å². The third-order valence-corrected chi connectivity index (χ3v) is 5.65. The van der Waals surface area contributed by atoms with Crippen molar-refractivity contribution in [3.05, 3.63) is 78.4 Å². The maximum atomic E-state index is 13.0. The highest BCUT2D eigenvalue weighted by atomic mass is 16.3. The number of amides is 1. The molecule has 0 bridgehead atoms. The summed E-state index contributed by atoms with van der Waals surface area (Å²) in [6.45, 7) is 1.75. The van der Waals surface area contributed by atoms with Crippen LogP contribution in [0.25, 0.3) is 0 Å². The van der Waals surface area contributed by atoms with Gasteiger partial charge in [-0.2, -0.15) is 0 Å². The van der Waals surface area contributed by atoms with Crippen LogP contribution in [-0.4, -0.2) is 40.3 Å². The molecule has 2 N–H and O–H groups in total. The standard InChI is InChI=1S/C23H23N5O2/c29-21(19-10-5-14-30-19)28-13-6-11-23(16-28)22(25-15-17-7-2-1-3-8-17)26-20-18(27-23)9-4-12-24-20/h1-5,7-10,12,14,27H,6,11,13,15-16H2,(H,24,25,26). The fraction of sp³-hybridized carbons (Fsp3) is 0.261. The Bertz CT molecular complexity index is 1060. The number of fused-ring (bicyclic) bond motifs is 1. The molecule has 0 saturated carbocycles. The van der Waals surface area contributed by atoms with Crippen LogP contribution in [0, 0.1) is 0 Å². The van der Waals surface area contributed by atoms with Crippen LogP contribution >= 0.6 is 0 Å². The van der Waals surface area contributed by atoms with Gasteiger partial charge in [-0.05, 0) is 42.7 Å². The molecule has 0 radical (unpaired) electrons. The second-order valence-electron chi connectivity index (χ2n) is 7.69. The smallest absolute Gasteiger partial charge is 0.289 e. The molecule has 1 spiro atoms. The molecule has 1 aromatic carbocycles. The Morgan fingerprint density at radius 2 is 2.07 bits per heavy atom. The first kappa shape index (κ1) is 18.4. The van der Waals surface area contributed by atoms with E-state index in [0.717, 1.165) is 35.7 Å². The van der Waals surface area contributed by atoms with Gasteiger partial charge in [-0.15, -0.1) is 0 Å². The molecule has 5 rings (SSSR count). The Labute approximate surface area is 174 Å². The summed E-state index contributed by atoms with van der Waals surface area (Å²) in [6.07, 6.45) is 5.01. The molecule has 1 fully saturated rings. The van der Waals surface area contributed by atoms with Gasteiger partial charge in [0.2, 0.25) is 0 Å². The second-order valence-corrected chi connectivity index (χ2v) is 7.69. The zero-order chi connectivity index (χ0) is 20.4. The molecule has 1 unspecified atom stereocenters. The van der Waals surface area contributed by atoms with E-state index in [1.807, 2.05) is 35.2 Å². The lowest BCUT2D eigenvalue weighted by molar-refractivity contribution is 0.0662. The van der Waals surface area contributed by atoms with Gasteiger partial charge in [0, 0.05) is 12.7 Å². The number of aliphatic imine (C=N–C) groups is 1. The van der Waals surface area contributed by atoms with Gasteiger partial charge in [0.1, 0.15) is 11.4 Å². The number of furan rings is 1. The van der Waals surface area contributed by atoms with E-state index in [1.54, 1.807) is 18.3 Å². The van der Waals surface area contributed by atoms with Crippen molar-refractivity contribution >= 4 is 23.2 Å².